The molecule has 1 heterocycles. The number of amides is 1. The van der Waals surface area contributed by atoms with E-state index in [1.807, 2.05) is 0 Å². The Morgan fingerprint density at radius 2 is 1.87 bits per heavy atom. The standard InChI is InChI=1S/C17H15N3O3/c1-20-17(22)14-9-4-3-8-13(14)15(19-20)16(21)18-11-6-5-7-12(10-11)23-2/h3-10H,1-2H3,(H,18,21). The van der Waals surface area contributed by atoms with Crippen LogP contribution in [0.4, 0.5) is 5.69 Å². The van der Waals surface area contributed by atoms with Crippen molar-refractivity contribution in [1.29, 1.82) is 0 Å². The summed E-state index contributed by atoms with van der Waals surface area (Å²) in [6, 6.07) is 14.0. The topological polar surface area (TPSA) is 73.2 Å². The maximum absolute atomic E-state index is 12.6. The van der Waals surface area contributed by atoms with Gasteiger partial charge in [0.15, 0.2) is 5.69 Å². The SMILES string of the molecule is COc1cccc(NC(=O)c2nn(C)c(=O)c3ccccc23)c1. The van der Waals surface area contributed by atoms with Gasteiger partial charge in [0.1, 0.15) is 5.75 Å². The summed E-state index contributed by atoms with van der Waals surface area (Å²) in [5, 5.41) is 7.86. The summed E-state index contributed by atoms with van der Waals surface area (Å²) in [6.45, 7) is 0. The highest BCUT2D eigenvalue weighted by molar-refractivity contribution is 6.11. The fourth-order valence-corrected chi connectivity index (χ4v) is 2.36. The molecule has 1 amide bonds. The van der Waals surface area contributed by atoms with Gasteiger partial charge >= 0.3 is 0 Å². The van der Waals surface area contributed by atoms with Crippen molar-refractivity contribution in [2.45, 2.75) is 0 Å². The van der Waals surface area contributed by atoms with Gasteiger partial charge in [0, 0.05) is 24.2 Å². The Morgan fingerprint density at radius 1 is 1.13 bits per heavy atom. The Kier molecular flexibility index (Phi) is 3.80. The third-order valence-electron chi connectivity index (χ3n) is 3.50. The van der Waals surface area contributed by atoms with Crippen molar-refractivity contribution in [3.05, 3.63) is 64.6 Å². The molecule has 0 fully saturated rings. The number of aromatic nitrogens is 2. The van der Waals surface area contributed by atoms with Gasteiger partial charge in [0.2, 0.25) is 0 Å². The van der Waals surface area contributed by atoms with Crippen LogP contribution in [0.2, 0.25) is 0 Å². The first-order valence-corrected chi connectivity index (χ1v) is 7.01. The zero-order chi connectivity index (χ0) is 16.4. The second-order valence-corrected chi connectivity index (χ2v) is 5.01. The maximum atomic E-state index is 12.6. The molecule has 3 aromatic rings. The molecular weight excluding hydrogens is 294 g/mol. The van der Waals surface area contributed by atoms with Crippen LogP contribution in [0.3, 0.4) is 0 Å². The van der Waals surface area contributed by atoms with E-state index in [-0.39, 0.29) is 17.2 Å². The molecule has 1 aromatic heterocycles. The molecule has 0 saturated heterocycles. The Bertz CT molecular complexity index is 947. The zero-order valence-corrected chi connectivity index (χ0v) is 12.7. The van der Waals surface area contributed by atoms with Crippen LogP contribution < -0.4 is 15.6 Å². The van der Waals surface area contributed by atoms with E-state index in [0.29, 0.717) is 22.2 Å². The Hall–Kier alpha value is -3.15. The molecule has 0 spiro atoms. The lowest BCUT2D eigenvalue weighted by Crippen LogP contribution is -2.25. The van der Waals surface area contributed by atoms with Gasteiger partial charge < -0.3 is 10.1 Å². The van der Waals surface area contributed by atoms with E-state index in [4.69, 9.17) is 4.74 Å². The molecule has 6 heteroatoms. The first kappa shape index (κ1) is 14.8. The maximum Gasteiger partial charge on any atom is 0.276 e. The first-order chi connectivity index (χ1) is 11.1. The molecule has 23 heavy (non-hydrogen) atoms. The van der Waals surface area contributed by atoms with Gasteiger partial charge in [-0.05, 0) is 18.2 Å². The molecule has 0 aliphatic carbocycles. The second kappa shape index (κ2) is 5.92. The van der Waals surface area contributed by atoms with Crippen LogP contribution in [-0.4, -0.2) is 22.8 Å². The van der Waals surface area contributed by atoms with E-state index >= 15 is 0 Å². The number of carbonyl (C=O) groups is 1. The van der Waals surface area contributed by atoms with Gasteiger partial charge in [-0.2, -0.15) is 5.10 Å². The minimum absolute atomic E-state index is 0.200. The van der Waals surface area contributed by atoms with E-state index in [1.165, 1.54) is 11.7 Å². The lowest BCUT2D eigenvalue weighted by atomic mass is 10.1. The van der Waals surface area contributed by atoms with Crippen LogP contribution in [0, 0.1) is 0 Å². The number of fused-ring (bicyclic) bond motifs is 1. The van der Waals surface area contributed by atoms with Crippen LogP contribution in [-0.2, 0) is 7.05 Å². The molecular formula is C17H15N3O3. The number of carbonyl (C=O) groups excluding carboxylic acids is 1. The van der Waals surface area contributed by atoms with Gasteiger partial charge in [-0.25, -0.2) is 4.68 Å². The number of aryl methyl sites for hydroxylation is 1. The molecule has 0 atom stereocenters. The van der Waals surface area contributed by atoms with Crippen molar-refractivity contribution in [1.82, 2.24) is 9.78 Å². The van der Waals surface area contributed by atoms with Crippen molar-refractivity contribution in [2.24, 2.45) is 7.05 Å². The fraction of sp³-hybridized carbons (Fsp3) is 0.118. The number of ether oxygens (including phenoxy) is 1. The molecule has 2 aromatic carbocycles. The summed E-state index contributed by atoms with van der Waals surface area (Å²) in [7, 11) is 3.08. The third-order valence-corrected chi connectivity index (χ3v) is 3.50. The number of nitrogens with zero attached hydrogens (tertiary/aromatic N) is 2. The number of methoxy groups -OCH3 is 1. The van der Waals surface area contributed by atoms with Crippen LogP contribution in [0.15, 0.2) is 53.3 Å². The smallest absolute Gasteiger partial charge is 0.276 e. The molecule has 3 rings (SSSR count). The van der Waals surface area contributed by atoms with Gasteiger partial charge in [-0.3, -0.25) is 9.59 Å². The molecule has 6 nitrogen and oxygen atoms in total. The van der Waals surface area contributed by atoms with Gasteiger partial charge in [0.05, 0.1) is 12.5 Å². The molecule has 0 radical (unpaired) electrons. The molecule has 1 N–H and O–H groups in total. The minimum Gasteiger partial charge on any atom is -0.497 e. The predicted octanol–water partition coefficient (Wildman–Crippen LogP) is 2.19. The highest BCUT2D eigenvalue weighted by atomic mass is 16.5. The van der Waals surface area contributed by atoms with Crippen LogP contribution in [0.1, 0.15) is 10.5 Å². The largest absolute Gasteiger partial charge is 0.497 e. The van der Waals surface area contributed by atoms with E-state index in [2.05, 4.69) is 10.4 Å². The first-order valence-electron chi connectivity index (χ1n) is 7.01. The van der Waals surface area contributed by atoms with Crippen molar-refractivity contribution in [3.8, 4) is 5.75 Å². The highest BCUT2D eigenvalue weighted by Gasteiger charge is 2.15. The van der Waals surface area contributed by atoms with Crippen LogP contribution in [0.25, 0.3) is 10.8 Å². The fourth-order valence-electron chi connectivity index (χ4n) is 2.36. The monoisotopic (exact) mass is 309 g/mol. The van der Waals surface area contributed by atoms with E-state index < -0.39 is 0 Å². The lowest BCUT2D eigenvalue weighted by Gasteiger charge is -2.09. The number of nitrogens with one attached hydrogen (secondary N) is 1. The summed E-state index contributed by atoms with van der Waals surface area (Å²) >= 11 is 0. The molecule has 0 unspecified atom stereocenters. The normalized spacial score (nSPS) is 10.5. The minimum atomic E-state index is -0.384. The third kappa shape index (κ3) is 2.78. The van der Waals surface area contributed by atoms with Crippen molar-refractivity contribution in [2.75, 3.05) is 12.4 Å². The van der Waals surface area contributed by atoms with Crippen molar-refractivity contribution >= 4 is 22.4 Å². The predicted molar refractivity (Wildman–Crippen MR) is 87.9 cm³/mol. The van der Waals surface area contributed by atoms with Crippen LogP contribution in [0.5, 0.6) is 5.75 Å². The van der Waals surface area contributed by atoms with Gasteiger partial charge in [-0.1, -0.05) is 24.3 Å². The average Bonchev–Trinajstić information content (AvgIpc) is 2.58. The number of hydrogen-bond acceptors (Lipinski definition) is 4. The number of hydrogen-bond donors (Lipinski definition) is 1. The lowest BCUT2D eigenvalue weighted by molar-refractivity contribution is 0.102. The summed E-state index contributed by atoms with van der Waals surface area (Å²) in [4.78, 5) is 24.7. The Balaban J connectivity index is 2.04. The van der Waals surface area contributed by atoms with E-state index in [9.17, 15) is 9.59 Å². The molecule has 0 aliphatic rings. The van der Waals surface area contributed by atoms with E-state index in [1.54, 1.807) is 55.6 Å². The molecule has 116 valence electrons. The number of benzene rings is 2. The van der Waals surface area contributed by atoms with Crippen LogP contribution >= 0.6 is 0 Å². The number of anilines is 1. The molecule has 0 saturated carbocycles. The summed E-state index contributed by atoms with van der Waals surface area (Å²) in [5.41, 5.74) is 0.554. The molecule has 0 bridgehead atoms. The molecule has 0 aliphatic heterocycles. The average molecular weight is 309 g/mol. The van der Waals surface area contributed by atoms with E-state index in [0.717, 1.165) is 0 Å². The quantitative estimate of drug-likeness (QED) is 0.805. The second-order valence-electron chi connectivity index (χ2n) is 5.01. The summed E-state index contributed by atoms with van der Waals surface area (Å²) < 4.78 is 6.30. The van der Waals surface area contributed by atoms with Crippen molar-refractivity contribution < 1.29 is 9.53 Å². The van der Waals surface area contributed by atoms with Gasteiger partial charge in [-0.15, -0.1) is 0 Å². The zero-order valence-electron chi connectivity index (χ0n) is 12.7. The van der Waals surface area contributed by atoms with Crippen molar-refractivity contribution in [3.63, 3.8) is 0 Å². The Morgan fingerprint density at radius 3 is 2.61 bits per heavy atom. The highest BCUT2D eigenvalue weighted by Crippen LogP contribution is 2.19. The number of rotatable bonds is 3. The Labute approximate surface area is 132 Å². The summed E-state index contributed by atoms with van der Waals surface area (Å²) in [5.74, 6) is 0.256. The summed E-state index contributed by atoms with van der Waals surface area (Å²) in [6.07, 6.45) is 0. The van der Waals surface area contributed by atoms with Gasteiger partial charge in [0.25, 0.3) is 11.5 Å².